The Kier molecular flexibility index (Phi) is 8.19. The molecule has 2 amide bonds. The van der Waals surface area contributed by atoms with Crippen molar-refractivity contribution in [3.63, 3.8) is 0 Å². The van der Waals surface area contributed by atoms with Crippen molar-refractivity contribution in [3.05, 3.63) is 29.6 Å². The van der Waals surface area contributed by atoms with Crippen molar-refractivity contribution in [2.24, 2.45) is 5.92 Å². The number of halogens is 1. The third-order valence-electron chi connectivity index (χ3n) is 7.56. The molecule has 1 saturated heterocycles. The van der Waals surface area contributed by atoms with Gasteiger partial charge in [0.2, 0.25) is 5.91 Å². The highest BCUT2D eigenvalue weighted by molar-refractivity contribution is 5.86. The van der Waals surface area contributed by atoms with Crippen LogP contribution in [0.3, 0.4) is 0 Å². The number of nitrogens with zero attached hydrogens (tertiary/aromatic N) is 1. The largest absolute Gasteiger partial charge is 0.444 e. The van der Waals surface area contributed by atoms with E-state index in [1.54, 1.807) is 6.07 Å². The normalized spacial score (nSPS) is 23.4. The van der Waals surface area contributed by atoms with Crippen molar-refractivity contribution >= 4 is 17.7 Å². The van der Waals surface area contributed by atoms with Gasteiger partial charge in [0, 0.05) is 36.7 Å². The van der Waals surface area contributed by atoms with Crippen LogP contribution in [0.4, 0.5) is 14.9 Å². The summed E-state index contributed by atoms with van der Waals surface area (Å²) in [7, 11) is 0. The van der Waals surface area contributed by atoms with Crippen LogP contribution in [0.1, 0.15) is 71.3 Å². The van der Waals surface area contributed by atoms with Crippen LogP contribution >= 0.6 is 0 Å². The lowest BCUT2D eigenvalue weighted by atomic mass is 9.84. The van der Waals surface area contributed by atoms with Gasteiger partial charge in [-0.2, -0.15) is 0 Å². The molecule has 0 aromatic heterocycles. The lowest BCUT2D eigenvalue weighted by molar-refractivity contribution is -0.124. The molecule has 194 valence electrons. The van der Waals surface area contributed by atoms with Crippen molar-refractivity contribution in [2.45, 2.75) is 89.3 Å². The van der Waals surface area contributed by atoms with Gasteiger partial charge in [-0.3, -0.25) is 4.79 Å². The van der Waals surface area contributed by atoms with E-state index in [9.17, 15) is 14.0 Å². The Hall–Kier alpha value is -2.35. The van der Waals surface area contributed by atoms with Crippen LogP contribution in [0, 0.1) is 11.7 Å². The van der Waals surface area contributed by atoms with Gasteiger partial charge in [-0.15, -0.1) is 0 Å². The van der Waals surface area contributed by atoms with Crippen molar-refractivity contribution in [3.8, 4) is 0 Å². The van der Waals surface area contributed by atoms with Crippen LogP contribution in [-0.4, -0.2) is 56.5 Å². The average Bonchev–Trinajstić information content (AvgIpc) is 3.39. The van der Waals surface area contributed by atoms with Crippen LogP contribution < -0.4 is 15.5 Å². The summed E-state index contributed by atoms with van der Waals surface area (Å²) in [5.41, 5.74) is 1.84. The van der Waals surface area contributed by atoms with E-state index in [0.717, 1.165) is 30.6 Å². The molecule has 1 saturated carbocycles. The number of benzene rings is 1. The van der Waals surface area contributed by atoms with Gasteiger partial charge in [-0.1, -0.05) is 46.0 Å². The molecule has 0 unspecified atom stereocenters. The lowest BCUT2D eigenvalue weighted by Gasteiger charge is -2.29. The number of hydrogen-bond acceptors (Lipinski definition) is 5. The van der Waals surface area contributed by atoms with Gasteiger partial charge < -0.3 is 25.0 Å². The number of carbonyl (C=O) groups is 2. The molecular weight excluding hydrogens is 449 g/mol. The zero-order valence-corrected chi connectivity index (χ0v) is 21.3. The number of ether oxygens (including phenoxy) is 2. The predicted octanol–water partition coefficient (Wildman–Crippen LogP) is 4.28. The number of nitrogens with one attached hydrogen (secondary N) is 2. The van der Waals surface area contributed by atoms with Crippen LogP contribution in [0.5, 0.6) is 0 Å². The summed E-state index contributed by atoms with van der Waals surface area (Å²) in [6.07, 6.45) is 6.24. The number of anilines is 1. The maximum atomic E-state index is 13.9. The average molecular weight is 490 g/mol. The first-order valence-corrected chi connectivity index (χ1v) is 13.1. The number of hydrogen-bond donors (Lipinski definition) is 2. The fraction of sp³-hybridized carbons (Fsp3) is 0.704. The topological polar surface area (TPSA) is 79.9 Å². The summed E-state index contributed by atoms with van der Waals surface area (Å²) in [5.74, 6) is 0.0132. The van der Waals surface area contributed by atoms with Crippen molar-refractivity contribution in [2.75, 3.05) is 31.2 Å². The van der Waals surface area contributed by atoms with Crippen LogP contribution in [0.15, 0.2) is 18.2 Å². The molecule has 4 rings (SSSR count). The number of alkyl carbamates (subject to hydrolysis) is 1. The second-order valence-electron chi connectivity index (χ2n) is 11.2. The molecule has 7 nitrogen and oxygen atoms in total. The molecule has 2 heterocycles. The summed E-state index contributed by atoms with van der Waals surface area (Å²) >= 11 is 0. The Morgan fingerprint density at radius 2 is 1.97 bits per heavy atom. The minimum atomic E-state index is -0.633. The van der Waals surface area contributed by atoms with Gasteiger partial charge in [0.25, 0.3) is 0 Å². The first-order valence-electron chi connectivity index (χ1n) is 13.1. The van der Waals surface area contributed by atoms with Gasteiger partial charge >= 0.3 is 6.09 Å². The zero-order valence-electron chi connectivity index (χ0n) is 21.3. The molecule has 3 aliphatic rings. The molecular formula is C27H40FN3O4. The minimum absolute atomic E-state index is 0.149. The quantitative estimate of drug-likeness (QED) is 0.570. The fourth-order valence-corrected chi connectivity index (χ4v) is 5.78. The second-order valence-corrected chi connectivity index (χ2v) is 11.2. The maximum absolute atomic E-state index is 13.9. The van der Waals surface area contributed by atoms with E-state index < -0.39 is 12.1 Å². The minimum Gasteiger partial charge on any atom is -0.444 e. The molecule has 35 heavy (non-hydrogen) atoms. The number of fused-ring (bicyclic) bond motifs is 1. The van der Waals surface area contributed by atoms with Gasteiger partial charge in [0.05, 0.1) is 13.2 Å². The van der Waals surface area contributed by atoms with E-state index in [1.165, 1.54) is 25.3 Å². The first kappa shape index (κ1) is 25.7. The van der Waals surface area contributed by atoms with E-state index in [2.05, 4.69) is 29.4 Å². The third kappa shape index (κ3) is 6.66. The maximum Gasteiger partial charge on any atom is 0.408 e. The summed E-state index contributed by atoms with van der Waals surface area (Å²) in [6, 6.07) is 4.14. The highest BCUT2D eigenvalue weighted by Crippen LogP contribution is 2.40. The predicted molar refractivity (Wildman–Crippen MR) is 133 cm³/mol. The molecule has 0 bridgehead atoms. The molecule has 1 aromatic carbocycles. The summed E-state index contributed by atoms with van der Waals surface area (Å²) < 4.78 is 24.6. The molecule has 0 spiro atoms. The Labute approximate surface area is 208 Å². The Morgan fingerprint density at radius 1 is 1.20 bits per heavy atom. The van der Waals surface area contributed by atoms with Crippen molar-refractivity contribution in [1.82, 2.24) is 10.6 Å². The second kappa shape index (κ2) is 11.1. The van der Waals surface area contributed by atoms with Crippen LogP contribution in [0.25, 0.3) is 0 Å². The Bertz CT molecular complexity index is 896. The zero-order chi connectivity index (χ0) is 25.0. The highest BCUT2D eigenvalue weighted by Gasteiger charge is 2.36. The summed E-state index contributed by atoms with van der Waals surface area (Å²) in [4.78, 5) is 28.1. The van der Waals surface area contributed by atoms with E-state index in [1.807, 2.05) is 13.0 Å². The number of amides is 2. The molecule has 1 aliphatic carbocycles. The van der Waals surface area contributed by atoms with E-state index in [-0.39, 0.29) is 29.3 Å². The Balaban J connectivity index is 1.37. The number of carbonyl (C=O) groups excluding carboxylic acids is 2. The molecule has 2 fully saturated rings. The van der Waals surface area contributed by atoms with Gasteiger partial charge in [-0.25, -0.2) is 9.18 Å². The molecule has 2 N–H and O–H groups in total. The van der Waals surface area contributed by atoms with E-state index in [0.29, 0.717) is 38.5 Å². The summed E-state index contributed by atoms with van der Waals surface area (Å²) in [6.45, 7) is 8.54. The van der Waals surface area contributed by atoms with Crippen LogP contribution in [-0.2, 0) is 19.7 Å². The van der Waals surface area contributed by atoms with Gasteiger partial charge in [-0.05, 0) is 43.0 Å². The van der Waals surface area contributed by atoms with Crippen LogP contribution in [0.2, 0.25) is 0 Å². The third-order valence-corrected chi connectivity index (χ3v) is 7.56. The Morgan fingerprint density at radius 3 is 2.69 bits per heavy atom. The van der Waals surface area contributed by atoms with Crippen molar-refractivity contribution < 1.29 is 23.5 Å². The van der Waals surface area contributed by atoms with Gasteiger partial charge in [0.15, 0.2) is 0 Å². The molecule has 2 aliphatic heterocycles. The first-order chi connectivity index (χ1) is 16.7. The standard InChI is InChI=1S/C27H40FN3O4/c1-18(15-31-17-27(2,3)22-14-20(28)9-10-24(22)31)29-25(32)23(13-19-7-5-4-6-8-19)30-26(33)35-21-11-12-34-16-21/h9-10,14,18-19,21,23H,4-8,11-13,15-17H2,1-3H3,(H,29,32)(H,30,33)/t18-,21+,23-/m0/s1. The number of rotatable bonds is 8. The molecule has 8 heteroatoms. The van der Waals surface area contributed by atoms with Crippen molar-refractivity contribution in [1.29, 1.82) is 0 Å². The molecule has 0 radical (unpaired) electrons. The fourth-order valence-electron chi connectivity index (χ4n) is 5.78. The molecule has 1 aromatic rings. The smallest absolute Gasteiger partial charge is 0.408 e. The summed E-state index contributed by atoms with van der Waals surface area (Å²) in [5, 5.41) is 5.96. The monoisotopic (exact) mass is 489 g/mol. The van der Waals surface area contributed by atoms with Gasteiger partial charge in [0.1, 0.15) is 18.0 Å². The molecule has 3 atom stereocenters. The SMILES string of the molecule is C[C@@H](CN1CC(C)(C)c2cc(F)ccc21)NC(=O)[C@H](CC1CCCCC1)NC(=O)O[C@@H]1CCOC1. The van der Waals surface area contributed by atoms with E-state index in [4.69, 9.17) is 9.47 Å². The van der Waals surface area contributed by atoms with E-state index >= 15 is 0 Å². The lowest BCUT2D eigenvalue weighted by Crippen LogP contribution is -2.52. The highest BCUT2D eigenvalue weighted by atomic mass is 19.1.